The van der Waals surface area contributed by atoms with Gasteiger partial charge in [0, 0.05) is 6.20 Å². The molecule has 0 saturated heterocycles. The highest BCUT2D eigenvalue weighted by Crippen LogP contribution is 2.03. The van der Waals surface area contributed by atoms with Gasteiger partial charge < -0.3 is 5.43 Å². The van der Waals surface area contributed by atoms with Crippen LogP contribution in [-0.2, 0) is 0 Å². The number of carbonyl (C=O) groups excluding carboxylic acids is 1. The maximum Gasteiger partial charge on any atom is 0.301 e. The van der Waals surface area contributed by atoms with Crippen LogP contribution in [0.5, 0.6) is 0 Å². The van der Waals surface area contributed by atoms with Gasteiger partial charge in [-0.25, -0.2) is 0 Å². The fraction of sp³-hybridized carbons (Fsp3) is 0.400. The zero-order valence-corrected chi connectivity index (χ0v) is 8.53. The Labute approximate surface area is 78.1 Å². The van der Waals surface area contributed by atoms with E-state index < -0.39 is 0 Å². The zero-order chi connectivity index (χ0) is 7.82. The summed E-state index contributed by atoms with van der Waals surface area (Å²) in [4.78, 5) is 10.2. The van der Waals surface area contributed by atoms with Crippen LogP contribution in [0.15, 0.2) is 11.6 Å². The third-order valence-corrected chi connectivity index (χ3v) is 1.09. The van der Waals surface area contributed by atoms with E-state index in [9.17, 15) is 4.79 Å². The third kappa shape index (κ3) is 6.21. The minimum atomic E-state index is -0.0671. The van der Waals surface area contributed by atoms with Crippen molar-refractivity contribution in [3.8, 4) is 0 Å². The number of halogens is 1. The number of nitrogens with one attached hydrogen (secondary N) is 2. The summed E-state index contributed by atoms with van der Waals surface area (Å²) in [6, 6.07) is 0. The highest BCUT2D eigenvalue weighted by Gasteiger charge is 1.97. The highest BCUT2D eigenvalue weighted by atomic mass is 127. The molecule has 0 aliphatic carbocycles. The summed E-state index contributed by atoms with van der Waals surface area (Å²) in [5.41, 5.74) is 4.90. The van der Waals surface area contributed by atoms with E-state index >= 15 is 0 Å². The van der Waals surface area contributed by atoms with Crippen LogP contribution in [0.3, 0.4) is 0 Å². The Morgan fingerprint density at radius 2 is 2.40 bits per heavy atom. The second-order valence-corrected chi connectivity index (χ2v) is 3.65. The first-order valence-corrected chi connectivity index (χ1v) is 5.15. The Kier molecular flexibility index (Phi) is 7.26. The summed E-state index contributed by atoms with van der Waals surface area (Å²) in [5.74, 6) is 0. The molecular weight excluding hydrogens is 263 g/mol. The largest absolute Gasteiger partial charge is 0.305 e. The molecule has 1 rings (SSSR count). The SMILES string of the molecule is CCI.O=C1NNC=CS1. The second-order valence-electron chi connectivity index (χ2n) is 1.24. The summed E-state index contributed by atoms with van der Waals surface area (Å²) < 4.78 is 1.22. The molecule has 3 nitrogen and oxygen atoms in total. The highest BCUT2D eigenvalue weighted by molar-refractivity contribution is 14.1. The Hall–Kier alpha value is 0.0900. The molecule has 0 fully saturated rings. The molecule has 0 unspecified atom stereocenters. The fourth-order valence-corrected chi connectivity index (χ4v) is 0.637. The first-order valence-electron chi connectivity index (χ1n) is 2.74. The number of amides is 1. The van der Waals surface area contributed by atoms with Gasteiger partial charge in [-0.2, -0.15) is 0 Å². The molecule has 0 aromatic carbocycles. The fourth-order valence-electron chi connectivity index (χ4n) is 0.260. The molecule has 0 aromatic heterocycles. The van der Waals surface area contributed by atoms with E-state index in [2.05, 4.69) is 40.4 Å². The molecule has 58 valence electrons. The molecule has 1 aliphatic heterocycles. The number of hydrogen-bond acceptors (Lipinski definition) is 3. The Balaban J connectivity index is 0.000000236. The van der Waals surface area contributed by atoms with Gasteiger partial charge >= 0.3 is 5.24 Å². The van der Waals surface area contributed by atoms with E-state index in [0.717, 1.165) is 11.8 Å². The Bertz CT molecular complexity index is 129. The lowest BCUT2D eigenvalue weighted by atomic mass is 11.0. The predicted octanol–water partition coefficient (Wildman–Crippen LogP) is 1.86. The van der Waals surface area contributed by atoms with E-state index in [0.29, 0.717) is 0 Å². The van der Waals surface area contributed by atoms with Gasteiger partial charge in [0.1, 0.15) is 0 Å². The van der Waals surface area contributed by atoms with Crippen molar-refractivity contribution in [2.24, 2.45) is 0 Å². The predicted molar refractivity (Wildman–Crippen MR) is 53.0 cm³/mol. The summed E-state index contributed by atoms with van der Waals surface area (Å²) in [5, 5.41) is 1.61. The van der Waals surface area contributed by atoms with Crippen LogP contribution in [0, 0.1) is 0 Å². The molecule has 0 saturated carbocycles. The second kappa shape index (κ2) is 7.20. The van der Waals surface area contributed by atoms with E-state index in [4.69, 9.17) is 0 Å². The van der Waals surface area contributed by atoms with E-state index in [1.54, 1.807) is 11.6 Å². The standard InChI is InChI=1S/C3H4N2OS.C2H5I/c6-3-5-4-1-2-7-3;1-2-3/h1-2,4H,(H,5,6);2H2,1H3. The molecule has 2 N–H and O–H groups in total. The Morgan fingerprint density at radius 3 is 2.60 bits per heavy atom. The molecule has 10 heavy (non-hydrogen) atoms. The molecule has 0 bridgehead atoms. The van der Waals surface area contributed by atoms with Crippen LogP contribution >= 0.6 is 34.4 Å². The van der Waals surface area contributed by atoms with Crippen molar-refractivity contribution in [1.29, 1.82) is 0 Å². The molecule has 1 heterocycles. The first kappa shape index (κ1) is 10.1. The Morgan fingerprint density at radius 1 is 1.80 bits per heavy atom. The number of thioether (sulfide) groups is 1. The molecule has 0 spiro atoms. The van der Waals surface area contributed by atoms with Gasteiger partial charge in [-0.3, -0.25) is 10.2 Å². The lowest BCUT2D eigenvalue weighted by Gasteiger charge is -2.04. The van der Waals surface area contributed by atoms with E-state index in [1.165, 1.54) is 4.43 Å². The van der Waals surface area contributed by atoms with Gasteiger partial charge in [0.2, 0.25) is 0 Å². The summed E-state index contributed by atoms with van der Waals surface area (Å²) in [6.07, 6.45) is 1.66. The number of hydrogen-bond donors (Lipinski definition) is 2. The average Bonchev–Trinajstić information content (AvgIpc) is 1.91. The number of rotatable bonds is 0. The van der Waals surface area contributed by atoms with Crippen LogP contribution < -0.4 is 10.9 Å². The van der Waals surface area contributed by atoms with Gasteiger partial charge in [-0.15, -0.1) is 0 Å². The summed E-state index contributed by atoms with van der Waals surface area (Å²) in [6.45, 7) is 2.11. The molecule has 1 aliphatic rings. The maximum absolute atomic E-state index is 10.2. The molecule has 0 aromatic rings. The van der Waals surface area contributed by atoms with E-state index in [-0.39, 0.29) is 5.24 Å². The lowest BCUT2D eigenvalue weighted by Crippen LogP contribution is -2.32. The topological polar surface area (TPSA) is 41.1 Å². The van der Waals surface area contributed by atoms with Crippen molar-refractivity contribution < 1.29 is 4.79 Å². The van der Waals surface area contributed by atoms with Crippen LogP contribution in [0.1, 0.15) is 6.92 Å². The molecule has 5 heteroatoms. The van der Waals surface area contributed by atoms with Gasteiger partial charge in [0.25, 0.3) is 0 Å². The van der Waals surface area contributed by atoms with Crippen LogP contribution in [0.4, 0.5) is 4.79 Å². The lowest BCUT2D eigenvalue weighted by molar-refractivity contribution is 0.258. The van der Waals surface area contributed by atoms with Crippen molar-refractivity contribution in [2.45, 2.75) is 6.92 Å². The minimum Gasteiger partial charge on any atom is -0.305 e. The molecule has 0 radical (unpaired) electrons. The van der Waals surface area contributed by atoms with Gasteiger partial charge in [0.15, 0.2) is 0 Å². The van der Waals surface area contributed by atoms with E-state index in [1.807, 2.05) is 0 Å². The van der Waals surface area contributed by atoms with Crippen LogP contribution in [0.2, 0.25) is 0 Å². The van der Waals surface area contributed by atoms with Crippen molar-refractivity contribution in [2.75, 3.05) is 4.43 Å². The van der Waals surface area contributed by atoms with Crippen LogP contribution in [-0.4, -0.2) is 9.67 Å². The zero-order valence-electron chi connectivity index (χ0n) is 5.56. The maximum atomic E-state index is 10.2. The number of alkyl halides is 1. The van der Waals surface area contributed by atoms with Crippen molar-refractivity contribution in [3.63, 3.8) is 0 Å². The normalized spacial score (nSPS) is 14.4. The number of carbonyl (C=O) groups is 1. The molecule has 0 atom stereocenters. The quantitative estimate of drug-likeness (QED) is 0.522. The van der Waals surface area contributed by atoms with Gasteiger partial charge in [0.05, 0.1) is 0 Å². The minimum absolute atomic E-state index is 0.0671. The van der Waals surface area contributed by atoms with Crippen molar-refractivity contribution in [1.82, 2.24) is 10.9 Å². The molecular formula is C5H9IN2OS. The van der Waals surface area contributed by atoms with Gasteiger partial charge in [-0.1, -0.05) is 29.5 Å². The van der Waals surface area contributed by atoms with Crippen LogP contribution in [0.25, 0.3) is 0 Å². The van der Waals surface area contributed by atoms with Gasteiger partial charge in [-0.05, 0) is 21.6 Å². The first-order chi connectivity index (χ1) is 4.81. The van der Waals surface area contributed by atoms with Crippen molar-refractivity contribution in [3.05, 3.63) is 11.6 Å². The number of hydrazine groups is 1. The molecule has 1 amide bonds. The average molecular weight is 272 g/mol. The monoisotopic (exact) mass is 272 g/mol. The smallest absolute Gasteiger partial charge is 0.301 e. The summed E-state index contributed by atoms with van der Waals surface area (Å²) >= 11 is 3.41. The summed E-state index contributed by atoms with van der Waals surface area (Å²) in [7, 11) is 0. The van der Waals surface area contributed by atoms with Crippen molar-refractivity contribution >= 4 is 39.6 Å². The third-order valence-electron chi connectivity index (χ3n) is 0.501.